The summed E-state index contributed by atoms with van der Waals surface area (Å²) in [7, 11) is 0. The zero-order valence-electron chi connectivity index (χ0n) is 11.4. The predicted molar refractivity (Wildman–Crippen MR) is 74.2 cm³/mol. The molecule has 0 radical (unpaired) electrons. The molecule has 1 aliphatic rings. The molecule has 2 heteroatoms. The second-order valence-corrected chi connectivity index (χ2v) is 5.04. The average molecular weight is 244 g/mol. The first kappa shape index (κ1) is 14.4. The molecule has 0 N–H and O–H groups in total. The van der Waals surface area contributed by atoms with Crippen molar-refractivity contribution in [2.75, 3.05) is 0 Å². The third-order valence-electron chi connectivity index (χ3n) is 2.88. The second-order valence-electron chi connectivity index (χ2n) is 5.04. The lowest BCUT2D eigenvalue weighted by Gasteiger charge is -2.20. The standard InChI is InChI=1S/C16H20O2/c1-6-7-13-15(11(4)5)14(17)9-12(16(13)18)8-10(2)3/h6,9,11H,1-2,7-8H2,3-5H3. The van der Waals surface area contributed by atoms with Gasteiger partial charge in [0.1, 0.15) is 0 Å². The highest BCUT2D eigenvalue weighted by Gasteiger charge is 2.28. The molecule has 0 bridgehead atoms. The van der Waals surface area contributed by atoms with Gasteiger partial charge in [-0.3, -0.25) is 9.59 Å². The van der Waals surface area contributed by atoms with E-state index in [1.54, 1.807) is 6.08 Å². The molecule has 1 aliphatic carbocycles. The van der Waals surface area contributed by atoms with Crippen LogP contribution in [0.15, 0.2) is 47.6 Å². The molecule has 2 nitrogen and oxygen atoms in total. The van der Waals surface area contributed by atoms with Crippen LogP contribution in [0, 0.1) is 5.92 Å². The molecular formula is C16H20O2. The molecule has 96 valence electrons. The van der Waals surface area contributed by atoms with Gasteiger partial charge in [-0.2, -0.15) is 0 Å². The summed E-state index contributed by atoms with van der Waals surface area (Å²) in [5.74, 6) is -0.0158. The SMILES string of the molecule is C=CCC1=C(C(C)C)C(=O)C=C(CC(=C)C)C1=O. The van der Waals surface area contributed by atoms with Gasteiger partial charge < -0.3 is 0 Å². The largest absolute Gasteiger partial charge is 0.290 e. The van der Waals surface area contributed by atoms with Crippen molar-refractivity contribution in [1.29, 1.82) is 0 Å². The topological polar surface area (TPSA) is 34.1 Å². The molecule has 1 rings (SSSR count). The number of Topliss-reactive ketones (excluding diaryl/α,β-unsaturated/α-hetero) is 1. The van der Waals surface area contributed by atoms with Crippen LogP contribution in [0.5, 0.6) is 0 Å². The number of rotatable bonds is 5. The molecule has 0 spiro atoms. The lowest BCUT2D eigenvalue weighted by atomic mass is 9.81. The molecule has 0 heterocycles. The fourth-order valence-electron chi connectivity index (χ4n) is 2.20. The zero-order valence-corrected chi connectivity index (χ0v) is 11.4. The van der Waals surface area contributed by atoms with Gasteiger partial charge in [0, 0.05) is 16.7 Å². The molecule has 0 aromatic carbocycles. The van der Waals surface area contributed by atoms with Gasteiger partial charge in [-0.25, -0.2) is 0 Å². The summed E-state index contributed by atoms with van der Waals surface area (Å²) in [4.78, 5) is 24.5. The Kier molecular flexibility index (Phi) is 4.60. The second kappa shape index (κ2) is 5.76. The van der Waals surface area contributed by atoms with Crippen molar-refractivity contribution in [3.63, 3.8) is 0 Å². The maximum absolute atomic E-state index is 12.3. The Labute approximate surface area is 109 Å². The van der Waals surface area contributed by atoms with Crippen molar-refractivity contribution >= 4 is 11.6 Å². The van der Waals surface area contributed by atoms with Gasteiger partial charge in [-0.05, 0) is 31.8 Å². The van der Waals surface area contributed by atoms with Gasteiger partial charge in [-0.1, -0.05) is 32.1 Å². The summed E-state index contributed by atoms with van der Waals surface area (Å²) in [5.41, 5.74) is 2.66. The third-order valence-corrected chi connectivity index (χ3v) is 2.88. The van der Waals surface area contributed by atoms with Crippen LogP contribution < -0.4 is 0 Å². The van der Waals surface area contributed by atoms with Crippen molar-refractivity contribution < 1.29 is 9.59 Å². The summed E-state index contributed by atoms with van der Waals surface area (Å²) < 4.78 is 0. The summed E-state index contributed by atoms with van der Waals surface area (Å²) in [6.07, 6.45) is 4.06. The van der Waals surface area contributed by atoms with E-state index in [0.29, 0.717) is 29.6 Å². The predicted octanol–water partition coefficient (Wildman–Crippen LogP) is 3.56. The first-order valence-electron chi connectivity index (χ1n) is 6.16. The van der Waals surface area contributed by atoms with E-state index in [4.69, 9.17) is 0 Å². The normalized spacial score (nSPS) is 16.1. The van der Waals surface area contributed by atoms with Gasteiger partial charge in [-0.15, -0.1) is 6.58 Å². The molecule has 0 aromatic heterocycles. The molecule has 0 fully saturated rings. The molecule has 18 heavy (non-hydrogen) atoms. The van der Waals surface area contributed by atoms with Gasteiger partial charge in [0.05, 0.1) is 0 Å². The Bertz CT molecular complexity index is 473. The van der Waals surface area contributed by atoms with E-state index in [1.165, 1.54) is 6.08 Å². The summed E-state index contributed by atoms with van der Waals surface area (Å²) in [6.45, 7) is 13.2. The number of hydrogen-bond donors (Lipinski definition) is 0. The highest BCUT2D eigenvalue weighted by molar-refractivity contribution is 6.23. The first-order chi connectivity index (χ1) is 8.38. The first-order valence-corrected chi connectivity index (χ1v) is 6.16. The monoisotopic (exact) mass is 244 g/mol. The minimum absolute atomic E-state index is 0.0267. The van der Waals surface area contributed by atoms with Crippen LogP contribution in [0.25, 0.3) is 0 Å². The number of carbonyl (C=O) groups excluding carboxylic acids is 2. The Morgan fingerprint density at radius 3 is 2.44 bits per heavy atom. The van der Waals surface area contributed by atoms with Crippen molar-refractivity contribution in [3.8, 4) is 0 Å². The van der Waals surface area contributed by atoms with E-state index in [1.807, 2.05) is 20.8 Å². The quantitative estimate of drug-likeness (QED) is 0.547. The van der Waals surface area contributed by atoms with Crippen LogP contribution in [0.3, 0.4) is 0 Å². The van der Waals surface area contributed by atoms with E-state index in [9.17, 15) is 9.59 Å². The summed E-state index contributed by atoms with van der Waals surface area (Å²) in [6, 6.07) is 0. The third kappa shape index (κ3) is 2.95. The van der Waals surface area contributed by atoms with E-state index < -0.39 is 0 Å². The number of ketones is 2. The van der Waals surface area contributed by atoms with Crippen LogP contribution in [-0.2, 0) is 9.59 Å². The van der Waals surface area contributed by atoms with Gasteiger partial charge in [0.15, 0.2) is 11.6 Å². The number of carbonyl (C=O) groups is 2. The average Bonchev–Trinajstić information content (AvgIpc) is 2.24. The molecule has 0 aromatic rings. The van der Waals surface area contributed by atoms with Crippen molar-refractivity contribution in [3.05, 3.63) is 47.6 Å². The number of allylic oxidation sites excluding steroid dienone is 6. The molecule has 0 unspecified atom stereocenters. The summed E-state index contributed by atoms with van der Waals surface area (Å²) >= 11 is 0. The van der Waals surface area contributed by atoms with Crippen LogP contribution in [0.2, 0.25) is 0 Å². The molecular weight excluding hydrogens is 224 g/mol. The van der Waals surface area contributed by atoms with Crippen molar-refractivity contribution in [2.24, 2.45) is 5.92 Å². The van der Waals surface area contributed by atoms with Crippen molar-refractivity contribution in [2.45, 2.75) is 33.6 Å². The zero-order chi connectivity index (χ0) is 13.9. The molecule has 0 saturated heterocycles. The Morgan fingerprint density at radius 2 is 2.00 bits per heavy atom. The Hall–Kier alpha value is -1.70. The van der Waals surface area contributed by atoms with Gasteiger partial charge in [0.2, 0.25) is 0 Å². The molecule has 0 aliphatic heterocycles. The minimum atomic E-state index is -0.0438. The fourth-order valence-corrected chi connectivity index (χ4v) is 2.20. The smallest absolute Gasteiger partial charge is 0.186 e. The highest BCUT2D eigenvalue weighted by Crippen LogP contribution is 2.29. The Balaban J connectivity index is 3.22. The lowest BCUT2D eigenvalue weighted by molar-refractivity contribution is -0.116. The maximum atomic E-state index is 12.3. The van der Waals surface area contributed by atoms with Crippen LogP contribution in [0.4, 0.5) is 0 Å². The molecule has 0 saturated carbocycles. The van der Waals surface area contributed by atoms with Crippen LogP contribution >= 0.6 is 0 Å². The van der Waals surface area contributed by atoms with Crippen molar-refractivity contribution in [1.82, 2.24) is 0 Å². The van der Waals surface area contributed by atoms with Gasteiger partial charge in [0.25, 0.3) is 0 Å². The lowest BCUT2D eigenvalue weighted by Crippen LogP contribution is -2.22. The summed E-state index contributed by atoms with van der Waals surface area (Å²) in [5, 5.41) is 0. The Morgan fingerprint density at radius 1 is 1.39 bits per heavy atom. The number of hydrogen-bond acceptors (Lipinski definition) is 2. The van der Waals surface area contributed by atoms with Crippen LogP contribution in [0.1, 0.15) is 33.6 Å². The van der Waals surface area contributed by atoms with Crippen LogP contribution in [-0.4, -0.2) is 11.6 Å². The van der Waals surface area contributed by atoms with E-state index in [0.717, 1.165) is 5.57 Å². The molecule has 0 amide bonds. The minimum Gasteiger partial charge on any atom is -0.290 e. The van der Waals surface area contributed by atoms with E-state index in [2.05, 4.69) is 13.2 Å². The molecule has 0 atom stereocenters. The maximum Gasteiger partial charge on any atom is 0.186 e. The highest BCUT2D eigenvalue weighted by atomic mass is 16.1. The van der Waals surface area contributed by atoms with E-state index in [-0.39, 0.29) is 17.5 Å². The fraction of sp³-hybridized carbons (Fsp3) is 0.375. The van der Waals surface area contributed by atoms with E-state index >= 15 is 0 Å². The van der Waals surface area contributed by atoms with Gasteiger partial charge >= 0.3 is 0 Å².